The summed E-state index contributed by atoms with van der Waals surface area (Å²) in [6.45, 7) is 5.15. The van der Waals surface area contributed by atoms with E-state index in [1.54, 1.807) is 30.3 Å². The quantitative estimate of drug-likeness (QED) is 0.236. The van der Waals surface area contributed by atoms with Gasteiger partial charge < -0.3 is 36.1 Å². The van der Waals surface area contributed by atoms with Gasteiger partial charge in [0, 0.05) is 38.1 Å². The lowest BCUT2D eigenvalue weighted by molar-refractivity contribution is -0.133. The summed E-state index contributed by atoms with van der Waals surface area (Å²) in [6.07, 6.45) is 1.43. The highest BCUT2D eigenvalue weighted by Crippen LogP contribution is 2.34. The molecule has 0 aliphatic carbocycles. The lowest BCUT2D eigenvalue weighted by atomic mass is 9.74. The second-order valence-electron chi connectivity index (χ2n) is 14.3. The summed E-state index contributed by atoms with van der Waals surface area (Å²) in [5.74, 6) is -3.01. The van der Waals surface area contributed by atoms with Crippen LogP contribution in [0.3, 0.4) is 0 Å². The van der Waals surface area contributed by atoms with Crippen LogP contribution in [-0.2, 0) is 35.8 Å². The average Bonchev–Trinajstić information content (AvgIpc) is 3.16. The van der Waals surface area contributed by atoms with Gasteiger partial charge >= 0.3 is 0 Å². The molecule has 12 nitrogen and oxygen atoms in total. The Balaban J connectivity index is 1.42. The van der Waals surface area contributed by atoms with Crippen LogP contribution in [-0.4, -0.2) is 80.6 Å². The fourth-order valence-electron chi connectivity index (χ4n) is 6.81. The zero-order valence-electron chi connectivity index (χ0n) is 30.8. The normalized spacial score (nSPS) is 21.5. The van der Waals surface area contributed by atoms with Gasteiger partial charge in [-0.05, 0) is 67.0 Å². The molecule has 3 aromatic carbocycles. The fourth-order valence-corrected chi connectivity index (χ4v) is 6.81. The summed E-state index contributed by atoms with van der Waals surface area (Å²) in [5.41, 5.74) is 1.07. The zero-order valence-corrected chi connectivity index (χ0v) is 30.8. The molecule has 0 radical (unpaired) electrons. The zero-order chi connectivity index (χ0) is 38.5. The van der Waals surface area contributed by atoms with E-state index in [9.17, 15) is 28.4 Å². The number of benzene rings is 3. The van der Waals surface area contributed by atoms with Crippen molar-refractivity contribution in [3.63, 3.8) is 0 Å². The summed E-state index contributed by atoms with van der Waals surface area (Å²) in [6, 6.07) is 18.8. The van der Waals surface area contributed by atoms with Gasteiger partial charge in [-0.2, -0.15) is 0 Å². The Kier molecular flexibility index (Phi) is 14.2. The van der Waals surface area contributed by atoms with Gasteiger partial charge in [-0.1, -0.05) is 68.4 Å². The molecule has 13 heteroatoms. The molecule has 2 aliphatic rings. The van der Waals surface area contributed by atoms with Crippen LogP contribution in [0, 0.1) is 11.7 Å². The first-order valence-corrected chi connectivity index (χ1v) is 18.6. The van der Waals surface area contributed by atoms with Crippen molar-refractivity contribution in [2.24, 2.45) is 5.92 Å². The standard InChI is InChI=1S/C41H50FN5O7/c1-27(2)22-32-40(52)47-33(23-28-10-4-3-5-11-28)38(50)43-18-9-19-54-35-15-7-6-14-31(35)37(49)46-34(25-36(48)45-32)39(51)44-26-41(16-20-53-21-17-41)29-12-8-13-30(42)24-29/h3-8,10-15,24,27,32-34H,9,16-23,25-26H2,1-2H3,(H,43,50)(H,44,51)(H,45,48)(H,46,49)(H,47,52)/t32-,33+,34+/m1/s1. The number of hydrogen-bond acceptors (Lipinski definition) is 7. The topological polar surface area (TPSA) is 164 Å². The van der Waals surface area contributed by atoms with Crippen molar-refractivity contribution < 1.29 is 37.8 Å². The molecule has 3 aromatic rings. The van der Waals surface area contributed by atoms with Crippen LogP contribution in [0.2, 0.25) is 0 Å². The predicted molar refractivity (Wildman–Crippen MR) is 200 cm³/mol. The summed E-state index contributed by atoms with van der Waals surface area (Å²) >= 11 is 0. The summed E-state index contributed by atoms with van der Waals surface area (Å²) in [4.78, 5) is 68.8. The van der Waals surface area contributed by atoms with Crippen molar-refractivity contribution in [3.05, 3.63) is 101 Å². The number of nitrogens with one attached hydrogen (secondary N) is 5. The Morgan fingerprint density at radius 2 is 1.61 bits per heavy atom. The Morgan fingerprint density at radius 3 is 2.35 bits per heavy atom. The molecule has 0 saturated carbocycles. The number of carbonyl (C=O) groups is 5. The van der Waals surface area contributed by atoms with Gasteiger partial charge in [0.15, 0.2) is 0 Å². The van der Waals surface area contributed by atoms with Crippen LogP contribution in [0.4, 0.5) is 4.39 Å². The molecule has 54 heavy (non-hydrogen) atoms. The van der Waals surface area contributed by atoms with Crippen LogP contribution >= 0.6 is 0 Å². The average molecular weight is 744 g/mol. The second kappa shape index (κ2) is 19.2. The molecule has 1 fully saturated rings. The number of rotatable bonds is 8. The minimum absolute atomic E-state index is 0.0194. The first-order chi connectivity index (χ1) is 26.0. The van der Waals surface area contributed by atoms with Crippen molar-refractivity contribution in [3.8, 4) is 5.75 Å². The van der Waals surface area contributed by atoms with Crippen LogP contribution in [0.15, 0.2) is 78.9 Å². The fraction of sp³-hybridized carbons (Fsp3) is 0.439. The van der Waals surface area contributed by atoms with Crippen molar-refractivity contribution in [1.82, 2.24) is 26.6 Å². The largest absolute Gasteiger partial charge is 0.493 e. The van der Waals surface area contributed by atoms with E-state index in [1.165, 1.54) is 12.1 Å². The maximum absolute atomic E-state index is 14.4. The third-order valence-corrected chi connectivity index (χ3v) is 9.78. The molecule has 288 valence electrons. The molecule has 5 N–H and O–H groups in total. The lowest BCUT2D eigenvalue weighted by Crippen LogP contribution is -2.56. The molecule has 0 unspecified atom stereocenters. The second-order valence-corrected chi connectivity index (χ2v) is 14.3. The van der Waals surface area contributed by atoms with Crippen LogP contribution in [0.5, 0.6) is 5.75 Å². The van der Waals surface area contributed by atoms with Crippen LogP contribution in [0.1, 0.15) is 67.4 Å². The van der Waals surface area contributed by atoms with Crippen molar-refractivity contribution in [2.75, 3.05) is 32.9 Å². The van der Waals surface area contributed by atoms with Crippen molar-refractivity contribution in [2.45, 2.75) is 75.9 Å². The predicted octanol–water partition coefficient (Wildman–Crippen LogP) is 3.34. The van der Waals surface area contributed by atoms with Gasteiger partial charge in [0.2, 0.25) is 23.6 Å². The third-order valence-electron chi connectivity index (χ3n) is 9.78. The maximum atomic E-state index is 14.4. The summed E-state index contributed by atoms with van der Waals surface area (Å²) in [5, 5.41) is 14.2. The number of ether oxygens (including phenoxy) is 2. The van der Waals surface area contributed by atoms with Gasteiger partial charge in [0.05, 0.1) is 18.6 Å². The molecular weight excluding hydrogens is 693 g/mol. The molecular formula is C41H50FN5O7. The number of halogens is 1. The first kappa shape index (κ1) is 39.9. The maximum Gasteiger partial charge on any atom is 0.255 e. The number of fused-ring (bicyclic) bond motifs is 1. The van der Waals surface area contributed by atoms with Gasteiger partial charge in [-0.15, -0.1) is 0 Å². The highest BCUT2D eigenvalue weighted by molar-refractivity contribution is 6.01. The van der Waals surface area contributed by atoms with E-state index in [-0.39, 0.29) is 55.7 Å². The van der Waals surface area contributed by atoms with Gasteiger partial charge in [0.1, 0.15) is 29.7 Å². The van der Waals surface area contributed by atoms with E-state index in [0.717, 1.165) is 5.56 Å². The Morgan fingerprint density at radius 1 is 0.870 bits per heavy atom. The number of carbonyl (C=O) groups excluding carboxylic acids is 5. The van der Waals surface area contributed by atoms with E-state index in [0.29, 0.717) is 38.0 Å². The minimum Gasteiger partial charge on any atom is -0.493 e. The van der Waals surface area contributed by atoms with Gasteiger partial charge in [-0.25, -0.2) is 4.39 Å². The molecule has 3 atom stereocenters. The Labute approximate surface area is 315 Å². The van der Waals surface area contributed by atoms with Crippen molar-refractivity contribution in [1.29, 1.82) is 0 Å². The van der Waals surface area contributed by atoms with Crippen LogP contribution in [0.25, 0.3) is 0 Å². The molecule has 0 bridgehead atoms. The first-order valence-electron chi connectivity index (χ1n) is 18.6. The summed E-state index contributed by atoms with van der Waals surface area (Å²) in [7, 11) is 0. The molecule has 2 heterocycles. The number of para-hydroxylation sites is 1. The molecule has 5 rings (SSSR count). The monoisotopic (exact) mass is 743 g/mol. The number of amides is 5. The highest BCUT2D eigenvalue weighted by Gasteiger charge is 2.37. The van der Waals surface area contributed by atoms with Crippen LogP contribution < -0.4 is 31.3 Å². The van der Waals surface area contributed by atoms with Crippen molar-refractivity contribution >= 4 is 29.5 Å². The van der Waals surface area contributed by atoms with E-state index < -0.39 is 59.4 Å². The molecule has 0 spiro atoms. The Hall–Kier alpha value is -5.30. The Bertz CT molecular complexity index is 1770. The number of hydrogen-bond donors (Lipinski definition) is 5. The highest BCUT2D eigenvalue weighted by atomic mass is 19.1. The van der Waals surface area contributed by atoms with E-state index in [2.05, 4.69) is 26.6 Å². The van der Waals surface area contributed by atoms with Gasteiger partial charge in [-0.3, -0.25) is 24.0 Å². The SMILES string of the molecule is CC(C)C[C@H]1NC(=O)C[C@@H](C(=O)NCC2(c3cccc(F)c3)CCOCC2)NC(=O)c2ccccc2OCCCNC(=O)[C@H](Cc2ccccc2)NC1=O. The van der Waals surface area contributed by atoms with E-state index >= 15 is 0 Å². The van der Waals surface area contributed by atoms with E-state index in [1.807, 2.05) is 50.2 Å². The minimum atomic E-state index is -1.35. The summed E-state index contributed by atoms with van der Waals surface area (Å²) < 4.78 is 25.9. The smallest absolute Gasteiger partial charge is 0.255 e. The molecule has 1 saturated heterocycles. The van der Waals surface area contributed by atoms with Gasteiger partial charge in [0.25, 0.3) is 5.91 Å². The molecule has 5 amide bonds. The lowest BCUT2D eigenvalue weighted by Gasteiger charge is -2.38. The van der Waals surface area contributed by atoms with E-state index in [4.69, 9.17) is 9.47 Å². The molecule has 2 aliphatic heterocycles. The molecule has 0 aromatic heterocycles. The third kappa shape index (κ3) is 11.1.